The van der Waals surface area contributed by atoms with E-state index in [1.54, 1.807) is 6.08 Å². The number of hydrogen-bond acceptors (Lipinski definition) is 5. The molecule has 0 fully saturated rings. The molecule has 6 nitrogen and oxygen atoms in total. The van der Waals surface area contributed by atoms with Crippen molar-refractivity contribution in [1.82, 2.24) is 20.1 Å². The third-order valence-electron chi connectivity index (χ3n) is 3.93. The number of benzene rings is 2. The van der Waals surface area contributed by atoms with Gasteiger partial charge in [-0.1, -0.05) is 41.6 Å². The van der Waals surface area contributed by atoms with Crippen molar-refractivity contribution in [2.75, 3.05) is 18.9 Å². The van der Waals surface area contributed by atoms with E-state index in [1.807, 2.05) is 60.0 Å². The van der Waals surface area contributed by atoms with Crippen molar-refractivity contribution in [1.29, 1.82) is 0 Å². The van der Waals surface area contributed by atoms with Crippen LogP contribution in [0.4, 0.5) is 0 Å². The molecule has 1 amide bonds. The number of ether oxygens (including phenoxy) is 1. The van der Waals surface area contributed by atoms with Crippen LogP contribution in [-0.4, -0.2) is 39.6 Å². The summed E-state index contributed by atoms with van der Waals surface area (Å²) in [6, 6.07) is 15.1. The van der Waals surface area contributed by atoms with Crippen molar-refractivity contribution < 1.29 is 9.53 Å². The quantitative estimate of drug-likeness (QED) is 0.404. The third-order valence-corrected chi connectivity index (χ3v) is 5.19. The zero-order chi connectivity index (χ0) is 20.6. The van der Waals surface area contributed by atoms with Crippen LogP contribution in [0.2, 0.25) is 5.02 Å². The molecule has 0 spiro atoms. The largest absolute Gasteiger partial charge is 0.494 e. The molecular formula is C21H21ClN4O2S. The summed E-state index contributed by atoms with van der Waals surface area (Å²) in [5, 5.41) is 12.6. The van der Waals surface area contributed by atoms with Gasteiger partial charge in [-0.15, -0.1) is 16.8 Å². The summed E-state index contributed by atoms with van der Waals surface area (Å²) in [5.74, 6) is 1.50. The van der Waals surface area contributed by atoms with Gasteiger partial charge in [0.05, 0.1) is 17.4 Å². The monoisotopic (exact) mass is 428 g/mol. The molecule has 1 heterocycles. The van der Waals surface area contributed by atoms with Gasteiger partial charge < -0.3 is 10.1 Å². The van der Waals surface area contributed by atoms with Gasteiger partial charge in [0.1, 0.15) is 5.75 Å². The number of nitrogens with zero attached hydrogens (tertiary/aromatic N) is 3. The van der Waals surface area contributed by atoms with Crippen LogP contribution >= 0.6 is 23.4 Å². The zero-order valence-electron chi connectivity index (χ0n) is 16.0. The summed E-state index contributed by atoms with van der Waals surface area (Å²) in [6.07, 6.45) is 1.64. The summed E-state index contributed by atoms with van der Waals surface area (Å²) in [4.78, 5) is 12.0. The highest BCUT2D eigenvalue weighted by molar-refractivity contribution is 7.99. The van der Waals surface area contributed by atoms with E-state index in [0.29, 0.717) is 29.2 Å². The number of halogens is 1. The Bertz CT molecular complexity index is 989. The predicted octanol–water partition coefficient (Wildman–Crippen LogP) is 4.38. The Balaban J connectivity index is 1.97. The first-order valence-corrected chi connectivity index (χ1v) is 10.4. The van der Waals surface area contributed by atoms with E-state index in [2.05, 4.69) is 22.1 Å². The number of hydrogen-bond donors (Lipinski definition) is 1. The minimum absolute atomic E-state index is 0.101. The van der Waals surface area contributed by atoms with Crippen molar-refractivity contribution in [3.8, 4) is 22.8 Å². The highest BCUT2D eigenvalue weighted by Crippen LogP contribution is 2.32. The van der Waals surface area contributed by atoms with E-state index in [4.69, 9.17) is 16.3 Å². The molecule has 0 saturated carbocycles. The summed E-state index contributed by atoms with van der Waals surface area (Å²) >= 11 is 7.70. The second-order valence-electron chi connectivity index (χ2n) is 5.93. The smallest absolute Gasteiger partial charge is 0.230 e. The van der Waals surface area contributed by atoms with Gasteiger partial charge in [0, 0.05) is 17.8 Å². The average molecular weight is 429 g/mol. The van der Waals surface area contributed by atoms with Crippen molar-refractivity contribution in [3.63, 3.8) is 0 Å². The summed E-state index contributed by atoms with van der Waals surface area (Å²) in [6.45, 7) is 6.56. The van der Waals surface area contributed by atoms with Gasteiger partial charge in [-0.3, -0.25) is 9.36 Å². The van der Waals surface area contributed by atoms with Gasteiger partial charge in [-0.2, -0.15) is 0 Å². The first-order chi connectivity index (χ1) is 14.1. The zero-order valence-corrected chi connectivity index (χ0v) is 17.5. The number of nitrogens with one attached hydrogen (secondary N) is 1. The first-order valence-electron chi connectivity index (χ1n) is 9.08. The lowest BCUT2D eigenvalue weighted by molar-refractivity contribution is -0.118. The Kier molecular flexibility index (Phi) is 7.32. The summed E-state index contributed by atoms with van der Waals surface area (Å²) in [7, 11) is 0. The second-order valence-corrected chi connectivity index (χ2v) is 7.28. The van der Waals surface area contributed by atoms with Crippen LogP contribution in [-0.2, 0) is 4.79 Å². The van der Waals surface area contributed by atoms with Gasteiger partial charge >= 0.3 is 0 Å². The molecule has 0 saturated heterocycles. The molecule has 8 heteroatoms. The number of carbonyl (C=O) groups is 1. The number of thioether (sulfide) groups is 1. The van der Waals surface area contributed by atoms with Crippen molar-refractivity contribution >= 4 is 29.3 Å². The Morgan fingerprint density at radius 3 is 2.69 bits per heavy atom. The molecule has 0 aliphatic rings. The highest BCUT2D eigenvalue weighted by atomic mass is 35.5. The van der Waals surface area contributed by atoms with Gasteiger partial charge in [0.25, 0.3) is 0 Å². The molecular weight excluding hydrogens is 408 g/mol. The molecule has 2 aromatic carbocycles. The number of rotatable bonds is 9. The molecule has 0 unspecified atom stereocenters. The van der Waals surface area contributed by atoms with Crippen LogP contribution in [0.15, 0.2) is 66.3 Å². The second kappa shape index (κ2) is 10.1. The standard InChI is InChI=1S/C21H21ClN4O2S/c1-3-13-23-19(27)14-29-21-25-24-20(17-7-5-6-8-18(17)22)26(21)15-9-11-16(12-10-15)28-4-2/h3,5-12H,1,4,13-14H2,2H3,(H,23,27). The Morgan fingerprint density at radius 2 is 2.00 bits per heavy atom. The van der Waals surface area contributed by atoms with Crippen LogP contribution in [0.1, 0.15) is 6.92 Å². The van der Waals surface area contributed by atoms with Crippen LogP contribution in [0.25, 0.3) is 17.1 Å². The minimum atomic E-state index is -0.101. The van der Waals surface area contributed by atoms with Crippen LogP contribution in [0, 0.1) is 0 Å². The van der Waals surface area contributed by atoms with Gasteiger partial charge in [-0.05, 0) is 43.3 Å². The predicted molar refractivity (Wildman–Crippen MR) is 117 cm³/mol. The summed E-state index contributed by atoms with van der Waals surface area (Å²) in [5.41, 5.74) is 1.61. The van der Waals surface area contributed by atoms with E-state index < -0.39 is 0 Å². The lowest BCUT2D eigenvalue weighted by Crippen LogP contribution is -2.25. The third kappa shape index (κ3) is 5.19. The first kappa shape index (κ1) is 21.0. The minimum Gasteiger partial charge on any atom is -0.494 e. The molecule has 0 bridgehead atoms. The van der Waals surface area contributed by atoms with E-state index >= 15 is 0 Å². The Labute approximate surface area is 178 Å². The van der Waals surface area contributed by atoms with E-state index in [-0.39, 0.29) is 11.7 Å². The maximum absolute atomic E-state index is 12.0. The molecule has 3 aromatic rings. The molecule has 1 aromatic heterocycles. The van der Waals surface area contributed by atoms with Crippen LogP contribution < -0.4 is 10.1 Å². The highest BCUT2D eigenvalue weighted by Gasteiger charge is 2.19. The molecule has 29 heavy (non-hydrogen) atoms. The number of carbonyl (C=O) groups excluding carboxylic acids is 1. The van der Waals surface area contributed by atoms with E-state index in [0.717, 1.165) is 17.0 Å². The molecule has 3 rings (SSSR count). The number of aromatic nitrogens is 3. The van der Waals surface area contributed by atoms with E-state index in [9.17, 15) is 4.79 Å². The molecule has 150 valence electrons. The normalized spacial score (nSPS) is 10.6. The summed E-state index contributed by atoms with van der Waals surface area (Å²) < 4.78 is 7.42. The molecule has 0 atom stereocenters. The SMILES string of the molecule is C=CCNC(=O)CSc1nnc(-c2ccccc2Cl)n1-c1ccc(OCC)cc1. The lowest BCUT2D eigenvalue weighted by Gasteiger charge is -2.12. The Hall–Kier alpha value is -2.77. The Morgan fingerprint density at radius 1 is 1.24 bits per heavy atom. The van der Waals surface area contributed by atoms with Gasteiger partial charge in [0.2, 0.25) is 5.91 Å². The van der Waals surface area contributed by atoms with Crippen LogP contribution in [0.3, 0.4) is 0 Å². The molecule has 1 N–H and O–H groups in total. The van der Waals surface area contributed by atoms with Crippen molar-refractivity contribution in [2.24, 2.45) is 0 Å². The topological polar surface area (TPSA) is 69.0 Å². The van der Waals surface area contributed by atoms with Gasteiger partial charge in [-0.25, -0.2) is 0 Å². The lowest BCUT2D eigenvalue weighted by atomic mass is 10.2. The molecule has 0 radical (unpaired) electrons. The van der Waals surface area contributed by atoms with Crippen LogP contribution in [0.5, 0.6) is 5.75 Å². The van der Waals surface area contributed by atoms with Crippen molar-refractivity contribution in [3.05, 3.63) is 66.2 Å². The van der Waals surface area contributed by atoms with Crippen molar-refractivity contribution in [2.45, 2.75) is 12.1 Å². The maximum atomic E-state index is 12.0. The molecule has 0 aliphatic carbocycles. The fourth-order valence-corrected chi connectivity index (χ4v) is 3.64. The maximum Gasteiger partial charge on any atom is 0.230 e. The number of amides is 1. The average Bonchev–Trinajstić information content (AvgIpc) is 3.15. The fourth-order valence-electron chi connectivity index (χ4n) is 2.64. The molecule has 0 aliphatic heterocycles. The van der Waals surface area contributed by atoms with E-state index in [1.165, 1.54) is 11.8 Å². The fraction of sp³-hybridized carbons (Fsp3) is 0.190. The van der Waals surface area contributed by atoms with Gasteiger partial charge in [0.15, 0.2) is 11.0 Å².